The first-order valence-corrected chi connectivity index (χ1v) is 6.02. The van der Waals surface area contributed by atoms with Gasteiger partial charge in [0.15, 0.2) is 0 Å². The van der Waals surface area contributed by atoms with E-state index in [1.54, 1.807) is 0 Å². The van der Waals surface area contributed by atoms with E-state index in [9.17, 15) is 0 Å². The van der Waals surface area contributed by atoms with Crippen molar-refractivity contribution >= 4 is 7.82 Å². The Kier molecular flexibility index (Phi) is 8.35. The molecule has 2 rings (SSSR count). The summed E-state index contributed by atoms with van der Waals surface area (Å²) in [6.07, 6.45) is 2.34. The van der Waals surface area contributed by atoms with Gasteiger partial charge in [-0.05, 0) is 24.5 Å². The molecule has 7 heteroatoms. The molecule has 1 aromatic rings. The number of ether oxygens (including phenoxy) is 1. The fourth-order valence-electron chi connectivity index (χ4n) is 1.30. The normalized spacial score (nSPS) is 13.4. The average molecular weight is 272 g/mol. The van der Waals surface area contributed by atoms with Crippen molar-refractivity contribution in [1.29, 1.82) is 0 Å². The summed E-state index contributed by atoms with van der Waals surface area (Å²) in [5.74, 6) is 1.08. The van der Waals surface area contributed by atoms with Gasteiger partial charge in [0.2, 0.25) is 0 Å². The molecule has 1 heterocycles. The maximum atomic E-state index is 8.88. The van der Waals surface area contributed by atoms with Gasteiger partial charge in [0.25, 0.3) is 0 Å². The van der Waals surface area contributed by atoms with Crippen molar-refractivity contribution < 1.29 is 76.8 Å². The molecule has 86 valence electrons. The molecule has 0 unspecified atom stereocenters. The van der Waals surface area contributed by atoms with E-state index in [1.165, 1.54) is 12.0 Å². The van der Waals surface area contributed by atoms with Crippen molar-refractivity contribution in [3.63, 3.8) is 0 Å². The number of aryl methyl sites for hydroxylation is 1. The zero-order valence-corrected chi connectivity index (χ0v) is 13.1. The van der Waals surface area contributed by atoms with Crippen molar-refractivity contribution in [2.45, 2.75) is 12.8 Å². The second-order valence-electron chi connectivity index (χ2n) is 3.07. The molecule has 0 atom stereocenters. The summed E-state index contributed by atoms with van der Waals surface area (Å²) < 4.78 is 14.3. The fourth-order valence-corrected chi connectivity index (χ4v) is 1.30. The molecule has 0 bridgehead atoms. The number of rotatable bonds is 0. The first-order chi connectivity index (χ1) is 6.97. The molecule has 1 aromatic carbocycles. The molecule has 0 aliphatic carbocycles. The van der Waals surface area contributed by atoms with Crippen LogP contribution in [0.2, 0.25) is 0 Å². The van der Waals surface area contributed by atoms with Crippen molar-refractivity contribution in [3.8, 4) is 5.75 Å². The van der Waals surface area contributed by atoms with Crippen LogP contribution in [-0.2, 0) is 11.0 Å². The second-order valence-corrected chi connectivity index (χ2v) is 4.10. The van der Waals surface area contributed by atoms with Crippen LogP contribution in [0.4, 0.5) is 0 Å². The third kappa shape index (κ3) is 7.95. The van der Waals surface area contributed by atoms with Crippen LogP contribution in [0.5, 0.6) is 5.75 Å². The monoisotopic (exact) mass is 272 g/mol. The van der Waals surface area contributed by atoms with E-state index in [0.717, 1.165) is 18.8 Å². The molecule has 0 aromatic heterocycles. The van der Waals surface area contributed by atoms with Gasteiger partial charge in [-0.25, -0.2) is 4.57 Å². The summed E-state index contributed by atoms with van der Waals surface area (Å²) >= 11 is 0. The molecule has 1 aliphatic heterocycles. The average Bonchev–Trinajstić information content (AvgIpc) is 2.16. The Bertz CT molecular complexity index is 337. The molecule has 0 amide bonds. The zero-order chi connectivity index (χ0) is 11.3. The molecule has 0 spiro atoms. The summed E-state index contributed by atoms with van der Waals surface area (Å²) in [7, 11) is -4.64. The van der Waals surface area contributed by atoms with Gasteiger partial charge in [0.1, 0.15) is 5.75 Å². The van der Waals surface area contributed by atoms with Crippen molar-refractivity contribution in [3.05, 3.63) is 29.8 Å². The van der Waals surface area contributed by atoms with Gasteiger partial charge in [0.05, 0.1) is 6.61 Å². The minimum Gasteiger partial charge on any atom is -1.00 e. The van der Waals surface area contributed by atoms with Crippen LogP contribution < -0.4 is 56.1 Å². The largest absolute Gasteiger partial charge is 1.00 e. The molecule has 3 N–H and O–H groups in total. The van der Waals surface area contributed by atoms with Gasteiger partial charge in [-0.1, -0.05) is 18.2 Å². The maximum Gasteiger partial charge on any atom is 1.00 e. The van der Waals surface area contributed by atoms with Crippen LogP contribution in [0.25, 0.3) is 0 Å². The predicted molar refractivity (Wildman–Crippen MR) is 55.6 cm³/mol. The van der Waals surface area contributed by atoms with Crippen molar-refractivity contribution in [2.75, 3.05) is 6.61 Å². The molecule has 5 nitrogen and oxygen atoms in total. The number of phosphoric acid groups is 1. The molecular formula is C9H14KO5P. The first-order valence-electron chi connectivity index (χ1n) is 4.46. The summed E-state index contributed by atoms with van der Waals surface area (Å²) in [6.45, 7) is 0.886. The summed E-state index contributed by atoms with van der Waals surface area (Å²) in [5, 5.41) is 0. The van der Waals surface area contributed by atoms with Crippen molar-refractivity contribution in [2.24, 2.45) is 0 Å². The van der Waals surface area contributed by atoms with Gasteiger partial charge in [0, 0.05) is 0 Å². The second kappa shape index (κ2) is 7.97. The van der Waals surface area contributed by atoms with E-state index in [0.29, 0.717) is 0 Å². The topological polar surface area (TPSA) is 87.0 Å². The van der Waals surface area contributed by atoms with Crippen LogP contribution in [0.3, 0.4) is 0 Å². The van der Waals surface area contributed by atoms with Crippen LogP contribution in [0.15, 0.2) is 24.3 Å². The number of fused-ring (bicyclic) bond motifs is 1. The zero-order valence-electron chi connectivity index (χ0n) is 10.0. The predicted octanol–water partition coefficient (Wildman–Crippen LogP) is -1.80. The van der Waals surface area contributed by atoms with E-state index < -0.39 is 7.82 Å². The molecule has 0 saturated carbocycles. The summed E-state index contributed by atoms with van der Waals surface area (Å²) in [5.41, 5.74) is 1.36. The maximum absolute atomic E-state index is 8.88. The molecule has 0 radical (unpaired) electrons. The number of benzene rings is 1. The minimum atomic E-state index is -4.64. The Labute approximate surface area is 138 Å². The Hall–Kier alpha value is 0.766. The van der Waals surface area contributed by atoms with E-state index in [4.69, 9.17) is 24.0 Å². The summed E-state index contributed by atoms with van der Waals surface area (Å²) in [6, 6.07) is 8.25. The Morgan fingerprint density at radius 1 is 1.25 bits per heavy atom. The van der Waals surface area contributed by atoms with E-state index in [2.05, 4.69) is 12.1 Å². The Morgan fingerprint density at radius 2 is 1.81 bits per heavy atom. The van der Waals surface area contributed by atoms with Crippen LogP contribution in [0, 0.1) is 0 Å². The smallest absolute Gasteiger partial charge is 1.00 e. The van der Waals surface area contributed by atoms with Crippen LogP contribution >= 0.6 is 7.82 Å². The first kappa shape index (κ1) is 16.8. The number of hydrogen-bond donors (Lipinski definition) is 3. The van der Waals surface area contributed by atoms with Gasteiger partial charge >= 0.3 is 59.2 Å². The molecule has 0 saturated heterocycles. The number of hydrogen-bond acceptors (Lipinski definition) is 2. The van der Waals surface area contributed by atoms with Gasteiger partial charge < -0.3 is 20.8 Å². The third-order valence-electron chi connectivity index (χ3n) is 1.82. The molecular weight excluding hydrogens is 258 g/mol. The molecule has 1 aliphatic rings. The fraction of sp³-hybridized carbons (Fsp3) is 0.333. The van der Waals surface area contributed by atoms with Crippen LogP contribution in [-0.4, -0.2) is 21.3 Å². The summed E-state index contributed by atoms with van der Waals surface area (Å²) in [4.78, 5) is 21.6. The van der Waals surface area contributed by atoms with E-state index in [-0.39, 0.29) is 52.8 Å². The minimum absolute atomic E-state index is 0. The Morgan fingerprint density at radius 3 is 2.38 bits per heavy atom. The standard InChI is InChI=1S/C9H10O.K.H3O4P.H/c1-2-6-9-8(4-1)5-3-7-10-9;;1-5(2,3)4;/h1-2,4,6H,3,5,7H2;;(H3,1,2,3,4);/q;+1;;-1. The molecule has 16 heavy (non-hydrogen) atoms. The molecule has 0 fully saturated rings. The van der Waals surface area contributed by atoms with E-state index >= 15 is 0 Å². The van der Waals surface area contributed by atoms with Gasteiger partial charge in [-0.3, -0.25) is 0 Å². The van der Waals surface area contributed by atoms with Gasteiger partial charge in [-0.15, -0.1) is 0 Å². The third-order valence-corrected chi connectivity index (χ3v) is 1.82. The quantitative estimate of drug-likeness (QED) is 0.383. The van der Waals surface area contributed by atoms with Gasteiger partial charge in [-0.2, -0.15) is 0 Å². The SMILES string of the molecule is O=P(O)(O)O.[H-].[K+].c1ccc2c(c1)CCCO2. The van der Waals surface area contributed by atoms with Crippen molar-refractivity contribution in [1.82, 2.24) is 0 Å². The number of para-hydroxylation sites is 1. The van der Waals surface area contributed by atoms with E-state index in [1.807, 2.05) is 12.1 Å². The van der Waals surface area contributed by atoms with Crippen LogP contribution in [0.1, 0.15) is 13.4 Å². The Balaban J connectivity index is 0.